The fraction of sp³-hybridized carbons (Fsp3) is 0.639. The van der Waals surface area contributed by atoms with E-state index < -0.39 is 81.7 Å². The summed E-state index contributed by atoms with van der Waals surface area (Å²) in [5.41, 5.74) is -0.405. The normalized spacial score (nSPS) is 20.0. The van der Waals surface area contributed by atoms with E-state index in [1.54, 1.807) is 53.9 Å². The first-order chi connectivity index (χ1) is 24.5. The number of aliphatic carboxylic acids is 1. The summed E-state index contributed by atoms with van der Waals surface area (Å²) in [7, 11) is 0. The highest BCUT2D eigenvalue weighted by atomic mass is 32.2. The van der Waals surface area contributed by atoms with E-state index in [2.05, 4.69) is 21.3 Å². The number of carbonyl (C=O) groups is 7. The Morgan fingerprint density at radius 3 is 2.21 bits per heavy atom. The minimum atomic E-state index is -1.36. The number of carboxylic acid groups (broad SMARTS) is 1. The molecule has 1 aromatic rings. The number of thioether (sulfide) groups is 2. The van der Waals surface area contributed by atoms with Crippen LogP contribution in [0.1, 0.15) is 78.3 Å². The van der Waals surface area contributed by atoms with Crippen LogP contribution in [0.15, 0.2) is 30.3 Å². The number of alkyl carbamates (subject to hydrolysis) is 1. The zero-order valence-electron chi connectivity index (χ0n) is 30.4. The largest absolute Gasteiger partial charge is 0.479 e. The van der Waals surface area contributed by atoms with Crippen molar-refractivity contribution in [3.8, 4) is 0 Å². The van der Waals surface area contributed by atoms with Crippen molar-refractivity contribution in [3.63, 3.8) is 0 Å². The Balaban J connectivity index is 1.47. The summed E-state index contributed by atoms with van der Waals surface area (Å²) in [6, 6.07) is 3.49. The second kappa shape index (κ2) is 17.8. The molecule has 4 rings (SSSR count). The van der Waals surface area contributed by atoms with E-state index >= 15 is 0 Å². The number of benzene rings is 1. The summed E-state index contributed by atoms with van der Waals surface area (Å²) in [5, 5.41) is 19.7. The number of hydrogen-bond donors (Lipinski definition) is 5. The first kappa shape index (κ1) is 41.0. The first-order valence-corrected chi connectivity index (χ1v) is 19.7. The van der Waals surface area contributed by atoms with Crippen LogP contribution in [-0.2, 0) is 33.5 Å². The Labute approximate surface area is 313 Å². The van der Waals surface area contributed by atoms with Gasteiger partial charge in [0.2, 0.25) is 23.5 Å². The van der Waals surface area contributed by atoms with Gasteiger partial charge in [0.1, 0.15) is 12.1 Å². The molecule has 1 spiro atoms. The fourth-order valence-corrected chi connectivity index (χ4v) is 9.43. The zero-order chi connectivity index (χ0) is 38.2. The Kier molecular flexibility index (Phi) is 14.0. The molecule has 2 aliphatic heterocycles. The van der Waals surface area contributed by atoms with Gasteiger partial charge in [-0.25, -0.2) is 9.59 Å². The number of likely N-dealkylation sites (tertiary alicyclic amines) is 1. The van der Waals surface area contributed by atoms with Crippen LogP contribution in [0, 0.1) is 17.3 Å². The monoisotopic (exact) mass is 761 g/mol. The summed E-state index contributed by atoms with van der Waals surface area (Å²) in [6.45, 7) is 9.02. The van der Waals surface area contributed by atoms with E-state index in [1.807, 2.05) is 34.6 Å². The van der Waals surface area contributed by atoms with Crippen LogP contribution in [0.3, 0.4) is 0 Å². The highest BCUT2D eigenvalue weighted by Gasteiger charge is 2.53. The molecule has 0 bridgehead atoms. The van der Waals surface area contributed by atoms with Crippen LogP contribution in [0.25, 0.3) is 0 Å². The van der Waals surface area contributed by atoms with Crippen LogP contribution in [-0.4, -0.2) is 105 Å². The quantitative estimate of drug-likeness (QED) is 0.165. The number of rotatable bonds is 15. The second-order valence-electron chi connectivity index (χ2n) is 15.1. The molecular weight excluding hydrogens is 711 g/mol. The SMILES string of the molecule is CC(C)COC(=O)NC(C(=O)N1CC2(CC1C(=O)NC(CC1CC1)C(=O)C(=O)NCC(=O)NC(C(=O)O)c1ccccc1)SCCCS2)C(C)(C)C. The van der Waals surface area contributed by atoms with Gasteiger partial charge in [-0.3, -0.25) is 24.0 Å². The number of ketones is 1. The second-order valence-corrected chi connectivity index (χ2v) is 18.3. The summed E-state index contributed by atoms with van der Waals surface area (Å²) in [4.78, 5) is 93.7. The minimum absolute atomic E-state index is 0.0934. The number of ether oxygens (including phenoxy) is 1. The number of amides is 5. The molecule has 52 heavy (non-hydrogen) atoms. The number of carbonyl (C=O) groups excluding carboxylic acids is 6. The molecule has 1 saturated carbocycles. The predicted molar refractivity (Wildman–Crippen MR) is 197 cm³/mol. The number of hydrogen-bond acceptors (Lipinski definition) is 10. The number of Topliss-reactive ketones (excluding diaryl/α,β-unsaturated/α-hetero) is 1. The molecule has 3 aliphatic rings. The zero-order valence-corrected chi connectivity index (χ0v) is 32.0. The molecule has 286 valence electrons. The summed E-state index contributed by atoms with van der Waals surface area (Å²) in [6.07, 6.45) is 2.45. The van der Waals surface area contributed by atoms with Crippen molar-refractivity contribution in [3.05, 3.63) is 35.9 Å². The Bertz CT molecular complexity index is 1490. The molecule has 4 unspecified atom stereocenters. The van der Waals surface area contributed by atoms with Gasteiger partial charge in [0.25, 0.3) is 5.91 Å². The van der Waals surface area contributed by atoms with Gasteiger partial charge in [-0.2, -0.15) is 0 Å². The molecule has 3 fully saturated rings. The highest BCUT2D eigenvalue weighted by molar-refractivity contribution is 8.18. The lowest BCUT2D eigenvalue weighted by molar-refractivity contribution is -0.144. The first-order valence-electron chi connectivity index (χ1n) is 17.7. The van der Waals surface area contributed by atoms with Gasteiger partial charge in [0, 0.05) is 13.0 Å². The lowest BCUT2D eigenvalue weighted by Gasteiger charge is -2.36. The molecule has 14 nitrogen and oxygen atoms in total. The third-order valence-electron chi connectivity index (χ3n) is 9.04. The van der Waals surface area contributed by atoms with E-state index in [9.17, 15) is 38.7 Å². The van der Waals surface area contributed by atoms with Gasteiger partial charge in [-0.15, -0.1) is 23.5 Å². The van der Waals surface area contributed by atoms with Gasteiger partial charge >= 0.3 is 12.1 Å². The summed E-state index contributed by atoms with van der Waals surface area (Å²) >= 11 is 3.39. The molecule has 5 N–H and O–H groups in total. The van der Waals surface area contributed by atoms with Crippen molar-refractivity contribution in [2.45, 2.75) is 95.0 Å². The maximum absolute atomic E-state index is 14.3. The van der Waals surface area contributed by atoms with Crippen molar-refractivity contribution in [2.24, 2.45) is 17.3 Å². The number of nitrogens with zero attached hydrogens (tertiary/aromatic N) is 1. The number of nitrogens with one attached hydrogen (secondary N) is 4. The predicted octanol–water partition coefficient (Wildman–Crippen LogP) is 2.86. The molecular formula is C36H51N5O9S2. The van der Waals surface area contributed by atoms with E-state index in [0.29, 0.717) is 12.0 Å². The van der Waals surface area contributed by atoms with E-state index in [4.69, 9.17) is 4.74 Å². The van der Waals surface area contributed by atoms with E-state index in [-0.39, 0.29) is 31.4 Å². The maximum Gasteiger partial charge on any atom is 0.407 e. The smallest absolute Gasteiger partial charge is 0.407 e. The molecule has 2 heterocycles. The topological polar surface area (TPSA) is 200 Å². The molecule has 2 saturated heterocycles. The standard InChI is InChI=1S/C36H51N5O9S2/c1-21(2)19-50-34(49)40-29(35(3,4)5)32(46)41-20-36(51-14-9-15-52-36)17-25(41)30(44)38-24(16-22-12-13-22)28(43)31(45)37-18-26(42)39-27(33(47)48)23-10-7-6-8-11-23/h6-8,10-11,21-22,24-25,27,29H,9,12-20H2,1-5H3,(H,37,45)(H,38,44)(H,39,42)(H,40,49)(H,47,48). The average molecular weight is 762 g/mol. The van der Waals surface area contributed by atoms with Crippen molar-refractivity contribution < 1.29 is 43.4 Å². The lowest BCUT2D eigenvalue weighted by atomic mass is 9.85. The Morgan fingerprint density at radius 2 is 1.63 bits per heavy atom. The van der Waals surface area contributed by atoms with Crippen LogP contribution >= 0.6 is 23.5 Å². The summed E-state index contributed by atoms with van der Waals surface area (Å²) in [5.74, 6) is -3.24. The average Bonchev–Trinajstić information content (AvgIpc) is 3.85. The van der Waals surface area contributed by atoms with Crippen molar-refractivity contribution in [1.29, 1.82) is 0 Å². The number of carboxylic acids is 1. The minimum Gasteiger partial charge on any atom is -0.479 e. The van der Waals surface area contributed by atoms with Crippen LogP contribution in [0.4, 0.5) is 4.79 Å². The highest BCUT2D eigenvalue weighted by Crippen LogP contribution is 2.50. The van der Waals surface area contributed by atoms with Gasteiger partial charge in [-0.05, 0) is 47.2 Å². The Hall–Kier alpha value is -3.79. The van der Waals surface area contributed by atoms with Crippen LogP contribution in [0.5, 0.6) is 0 Å². The molecule has 16 heteroatoms. The van der Waals surface area contributed by atoms with Crippen LogP contribution in [0.2, 0.25) is 0 Å². The van der Waals surface area contributed by atoms with E-state index in [0.717, 1.165) is 30.8 Å². The fourth-order valence-electron chi connectivity index (χ4n) is 6.08. The van der Waals surface area contributed by atoms with E-state index in [1.165, 1.54) is 4.90 Å². The van der Waals surface area contributed by atoms with Gasteiger partial charge < -0.3 is 36.0 Å². The Morgan fingerprint density at radius 1 is 0.981 bits per heavy atom. The lowest BCUT2D eigenvalue weighted by Crippen LogP contribution is -2.59. The third-order valence-corrected chi connectivity index (χ3v) is 12.4. The molecule has 1 aromatic carbocycles. The molecule has 0 aromatic heterocycles. The van der Waals surface area contributed by atoms with Gasteiger partial charge in [-0.1, -0.05) is 77.8 Å². The summed E-state index contributed by atoms with van der Waals surface area (Å²) < 4.78 is 4.87. The molecule has 5 amide bonds. The van der Waals surface area contributed by atoms with Crippen molar-refractivity contribution in [2.75, 3.05) is 31.2 Å². The van der Waals surface area contributed by atoms with Gasteiger partial charge in [0.15, 0.2) is 6.04 Å². The molecule has 0 radical (unpaired) electrons. The molecule has 1 aliphatic carbocycles. The molecule has 4 atom stereocenters. The van der Waals surface area contributed by atoms with Crippen molar-refractivity contribution >= 4 is 65.0 Å². The third kappa shape index (κ3) is 11.4. The van der Waals surface area contributed by atoms with Crippen molar-refractivity contribution in [1.82, 2.24) is 26.2 Å². The van der Waals surface area contributed by atoms with Crippen LogP contribution < -0.4 is 21.3 Å². The maximum atomic E-state index is 14.3. The van der Waals surface area contributed by atoms with Gasteiger partial charge in [0.05, 0.1) is 23.3 Å².